The molecule has 5 amide bonds. The molecule has 0 spiro atoms. The minimum Gasteiger partial charge on any atom is -0.465 e. The van der Waals surface area contributed by atoms with E-state index in [1.54, 1.807) is 0 Å². The normalized spacial score (nSPS) is 22.9. The number of benzene rings is 2. The molecule has 0 radical (unpaired) electrons. The van der Waals surface area contributed by atoms with E-state index in [0.29, 0.717) is 11.3 Å². The number of ether oxygens (including phenoxy) is 1. The monoisotopic (exact) mass is 479 g/mol. The van der Waals surface area contributed by atoms with Crippen molar-refractivity contribution in [2.75, 3.05) is 0 Å². The summed E-state index contributed by atoms with van der Waals surface area (Å²) in [6.45, 7) is 3.72. The van der Waals surface area contributed by atoms with Gasteiger partial charge < -0.3 is 15.2 Å². The van der Waals surface area contributed by atoms with E-state index in [4.69, 9.17) is 4.74 Å². The fourth-order valence-corrected chi connectivity index (χ4v) is 4.82. The topological polar surface area (TPSA) is 116 Å². The molecular weight excluding hydrogens is 450 g/mol. The zero-order chi connectivity index (χ0) is 25.1. The Balaban J connectivity index is 1.65. The van der Waals surface area contributed by atoms with Gasteiger partial charge in [0.25, 0.3) is 5.91 Å². The molecule has 2 aliphatic heterocycles. The molecule has 2 fully saturated rings. The molecule has 9 heteroatoms. The van der Waals surface area contributed by atoms with Crippen LogP contribution in [0.1, 0.15) is 31.4 Å². The maximum absolute atomic E-state index is 13.2. The van der Waals surface area contributed by atoms with Crippen LogP contribution in [0.4, 0.5) is 14.4 Å². The predicted molar refractivity (Wildman–Crippen MR) is 127 cm³/mol. The highest BCUT2D eigenvalue weighted by Crippen LogP contribution is 2.30. The molecule has 2 aromatic carbocycles. The number of imide groups is 2. The quantitative estimate of drug-likeness (QED) is 0.558. The smallest absolute Gasteiger partial charge is 0.420 e. The molecule has 184 valence electrons. The number of nitrogens with zero attached hydrogens (tertiary/aromatic N) is 2. The molecule has 2 heterocycles. The predicted octanol–water partition coefficient (Wildman–Crippen LogP) is 3.67. The third-order valence-electron chi connectivity index (χ3n) is 6.56. The molecule has 35 heavy (non-hydrogen) atoms. The fourth-order valence-electron chi connectivity index (χ4n) is 4.82. The highest BCUT2D eigenvalue weighted by Gasteiger charge is 2.49. The highest BCUT2D eigenvalue weighted by molar-refractivity contribution is 6.04. The number of hydrogen-bond donors (Lipinski definition) is 2. The summed E-state index contributed by atoms with van der Waals surface area (Å²) in [5, 5.41) is 12.5. The van der Waals surface area contributed by atoms with Gasteiger partial charge in [0.05, 0.1) is 6.04 Å². The van der Waals surface area contributed by atoms with E-state index in [2.05, 4.69) is 5.32 Å². The molecule has 0 aromatic heterocycles. The molecule has 2 aromatic rings. The van der Waals surface area contributed by atoms with Gasteiger partial charge >= 0.3 is 18.2 Å². The van der Waals surface area contributed by atoms with Crippen molar-refractivity contribution in [2.45, 2.75) is 57.3 Å². The van der Waals surface area contributed by atoms with Crippen LogP contribution in [0, 0.1) is 5.92 Å². The summed E-state index contributed by atoms with van der Waals surface area (Å²) in [7, 11) is 0. The summed E-state index contributed by atoms with van der Waals surface area (Å²) in [6.07, 6.45) is -2.44. The number of amides is 5. The van der Waals surface area contributed by atoms with Gasteiger partial charge in [-0.3, -0.25) is 9.69 Å². The molecular formula is C26H29N3O6. The van der Waals surface area contributed by atoms with E-state index < -0.39 is 42.4 Å². The van der Waals surface area contributed by atoms with Crippen molar-refractivity contribution in [1.29, 1.82) is 0 Å². The molecule has 4 atom stereocenters. The van der Waals surface area contributed by atoms with E-state index in [1.807, 2.05) is 74.5 Å². The molecule has 2 N–H and O–H groups in total. The summed E-state index contributed by atoms with van der Waals surface area (Å²) >= 11 is 0. The Morgan fingerprint density at radius 3 is 2.14 bits per heavy atom. The Bertz CT molecular complexity index is 1090. The number of carboxylic acid groups (broad SMARTS) is 1. The van der Waals surface area contributed by atoms with Crippen LogP contribution in [0.25, 0.3) is 0 Å². The van der Waals surface area contributed by atoms with Gasteiger partial charge in [0.1, 0.15) is 12.1 Å². The lowest BCUT2D eigenvalue weighted by atomic mass is 9.92. The Hall–Kier alpha value is -3.88. The maximum Gasteiger partial charge on any atom is 0.420 e. The third kappa shape index (κ3) is 5.13. The lowest BCUT2D eigenvalue weighted by Crippen LogP contribution is -2.47. The minimum atomic E-state index is -1.40. The molecule has 4 rings (SSSR count). The lowest BCUT2D eigenvalue weighted by Gasteiger charge is -2.30. The lowest BCUT2D eigenvalue weighted by molar-refractivity contribution is -0.130. The van der Waals surface area contributed by atoms with Gasteiger partial charge in [-0.05, 0) is 29.9 Å². The van der Waals surface area contributed by atoms with Crippen molar-refractivity contribution < 1.29 is 29.0 Å². The summed E-state index contributed by atoms with van der Waals surface area (Å²) in [5.74, 6) is -0.420. The summed E-state index contributed by atoms with van der Waals surface area (Å²) in [6, 6.07) is 16.1. The highest BCUT2D eigenvalue weighted by atomic mass is 16.6. The second-order valence-corrected chi connectivity index (χ2v) is 9.29. The Morgan fingerprint density at radius 2 is 1.60 bits per heavy atom. The minimum absolute atomic E-state index is 0.0912. The van der Waals surface area contributed by atoms with Crippen LogP contribution in [0.2, 0.25) is 0 Å². The van der Waals surface area contributed by atoms with Gasteiger partial charge in [-0.15, -0.1) is 0 Å². The van der Waals surface area contributed by atoms with Gasteiger partial charge in [0.15, 0.2) is 0 Å². The van der Waals surface area contributed by atoms with Crippen molar-refractivity contribution in [1.82, 2.24) is 15.1 Å². The number of cyclic esters (lactones) is 1. The molecule has 0 saturated carbocycles. The molecule has 2 aliphatic rings. The first-order valence-corrected chi connectivity index (χ1v) is 11.7. The number of carbonyl (C=O) groups is 4. The Morgan fingerprint density at radius 1 is 1.00 bits per heavy atom. The van der Waals surface area contributed by atoms with E-state index in [9.17, 15) is 24.3 Å². The molecule has 0 unspecified atom stereocenters. The number of carbonyl (C=O) groups excluding carboxylic acids is 3. The van der Waals surface area contributed by atoms with E-state index in [-0.39, 0.29) is 24.7 Å². The molecule has 9 nitrogen and oxygen atoms in total. The number of hydrogen-bond acceptors (Lipinski definition) is 5. The van der Waals surface area contributed by atoms with Crippen molar-refractivity contribution in [3.05, 3.63) is 71.8 Å². The average molecular weight is 480 g/mol. The Labute approximate surface area is 203 Å². The molecule has 0 bridgehead atoms. The SMILES string of the molecule is CC(C)[C@@H]1NC(=O)N([C@H](Cc2ccccc2)C[C@@H]2OC(=O)N(C(=O)O)[C@H]2Cc2ccccc2)C1=O. The number of nitrogens with one attached hydrogen (secondary N) is 1. The van der Waals surface area contributed by atoms with Gasteiger partial charge in [-0.25, -0.2) is 19.3 Å². The second-order valence-electron chi connectivity index (χ2n) is 9.29. The van der Waals surface area contributed by atoms with Crippen molar-refractivity contribution >= 4 is 24.1 Å². The zero-order valence-corrected chi connectivity index (χ0v) is 19.7. The van der Waals surface area contributed by atoms with Crippen LogP contribution in [-0.2, 0) is 22.4 Å². The van der Waals surface area contributed by atoms with E-state index in [0.717, 1.165) is 11.1 Å². The van der Waals surface area contributed by atoms with Crippen molar-refractivity contribution in [3.8, 4) is 0 Å². The van der Waals surface area contributed by atoms with Crippen LogP contribution >= 0.6 is 0 Å². The van der Waals surface area contributed by atoms with Gasteiger partial charge in [0.2, 0.25) is 0 Å². The second kappa shape index (κ2) is 10.2. The van der Waals surface area contributed by atoms with Crippen LogP contribution in [0.15, 0.2) is 60.7 Å². The summed E-state index contributed by atoms with van der Waals surface area (Å²) in [5.41, 5.74) is 1.76. The van der Waals surface area contributed by atoms with Gasteiger partial charge in [-0.2, -0.15) is 0 Å². The van der Waals surface area contributed by atoms with Crippen LogP contribution in [0.5, 0.6) is 0 Å². The van der Waals surface area contributed by atoms with Crippen LogP contribution < -0.4 is 5.32 Å². The van der Waals surface area contributed by atoms with Crippen LogP contribution in [0.3, 0.4) is 0 Å². The third-order valence-corrected chi connectivity index (χ3v) is 6.56. The van der Waals surface area contributed by atoms with Crippen LogP contribution in [-0.4, -0.2) is 63.3 Å². The van der Waals surface area contributed by atoms with Crippen molar-refractivity contribution in [2.24, 2.45) is 5.92 Å². The Kier molecular flexibility index (Phi) is 7.04. The maximum atomic E-state index is 13.2. The largest absolute Gasteiger partial charge is 0.465 e. The molecule has 0 aliphatic carbocycles. The first-order valence-electron chi connectivity index (χ1n) is 11.7. The number of urea groups is 1. The van der Waals surface area contributed by atoms with E-state index in [1.165, 1.54) is 4.90 Å². The van der Waals surface area contributed by atoms with Gasteiger partial charge in [0, 0.05) is 12.5 Å². The van der Waals surface area contributed by atoms with Crippen molar-refractivity contribution in [3.63, 3.8) is 0 Å². The summed E-state index contributed by atoms with van der Waals surface area (Å²) in [4.78, 5) is 52.5. The molecule has 2 saturated heterocycles. The standard InChI is InChI=1S/C26H29N3O6/c1-16(2)22-23(30)28(24(31)27-22)19(13-17-9-5-3-6-10-17)15-21-20(14-18-11-7-4-8-12-18)29(25(32)33)26(34)35-21/h3-12,16,19-22H,13-15H2,1-2H3,(H,27,31)(H,32,33)/t19-,20+,21+,22+/m1/s1. The summed E-state index contributed by atoms with van der Waals surface area (Å²) < 4.78 is 5.53. The fraction of sp³-hybridized carbons (Fsp3) is 0.385. The first-order chi connectivity index (χ1) is 16.8. The average Bonchev–Trinajstić information content (AvgIpc) is 3.29. The number of rotatable bonds is 8. The zero-order valence-electron chi connectivity index (χ0n) is 19.7. The first kappa shape index (κ1) is 24.3. The van der Waals surface area contributed by atoms with E-state index >= 15 is 0 Å². The van der Waals surface area contributed by atoms with Gasteiger partial charge in [-0.1, -0.05) is 74.5 Å².